The average molecular weight is 437 g/mol. The Kier molecular flexibility index (Phi) is 6.22. The van der Waals surface area contributed by atoms with Crippen molar-refractivity contribution in [1.82, 2.24) is 10.1 Å². The first-order valence-corrected chi connectivity index (χ1v) is 10.3. The number of aromatic nitrogens is 1. The molecule has 0 saturated carbocycles. The number of benzene rings is 2. The second-order valence-corrected chi connectivity index (χ2v) is 7.97. The second kappa shape index (κ2) is 9.02. The molecule has 3 aromatic rings. The number of likely N-dealkylation sites (tertiary alicyclic amines) is 1. The third kappa shape index (κ3) is 4.83. The summed E-state index contributed by atoms with van der Waals surface area (Å²) in [4.78, 5) is 2.58. The van der Waals surface area contributed by atoms with Crippen molar-refractivity contribution < 1.29 is 13.3 Å². The molecule has 2 N–H and O–H groups in total. The Balaban J connectivity index is 1.45. The fraction of sp³-hybridized carbons (Fsp3) is 0.250. The van der Waals surface area contributed by atoms with E-state index in [1.807, 2.05) is 6.07 Å². The second-order valence-electron chi connectivity index (χ2n) is 6.71. The van der Waals surface area contributed by atoms with Gasteiger partial charge in [-0.1, -0.05) is 28.9 Å². The van der Waals surface area contributed by atoms with Crippen molar-refractivity contribution in [2.45, 2.75) is 24.4 Å². The molecule has 2 heterocycles. The van der Waals surface area contributed by atoms with E-state index in [2.05, 4.69) is 20.1 Å². The first-order chi connectivity index (χ1) is 14.1. The fourth-order valence-corrected chi connectivity index (χ4v) is 3.98. The largest absolute Gasteiger partial charge is 0.380 e. The number of halogens is 3. The van der Waals surface area contributed by atoms with E-state index in [1.54, 1.807) is 12.1 Å². The lowest BCUT2D eigenvalue weighted by Crippen LogP contribution is -2.36. The lowest BCUT2D eigenvalue weighted by Gasteiger charge is -2.31. The van der Waals surface area contributed by atoms with E-state index in [4.69, 9.17) is 16.1 Å². The van der Waals surface area contributed by atoms with E-state index in [1.165, 1.54) is 30.9 Å². The molecule has 1 saturated heterocycles. The van der Waals surface area contributed by atoms with Gasteiger partial charge in [0.25, 0.3) is 0 Å². The zero-order chi connectivity index (χ0) is 20.2. The molecule has 0 amide bonds. The summed E-state index contributed by atoms with van der Waals surface area (Å²) in [5, 5.41) is 7.11. The molecule has 4 rings (SSSR count). The van der Waals surface area contributed by atoms with Crippen LogP contribution in [0.15, 0.2) is 52.1 Å². The number of hydrogen-bond donors (Lipinski definition) is 2. The summed E-state index contributed by atoms with van der Waals surface area (Å²) < 4.78 is 36.5. The normalized spacial score (nSPS) is 13.9. The lowest BCUT2D eigenvalue weighted by molar-refractivity contribution is 0.172. The molecule has 0 aliphatic carbocycles. The Morgan fingerprint density at radius 1 is 1.17 bits per heavy atom. The van der Waals surface area contributed by atoms with Crippen LogP contribution in [0.25, 0.3) is 0 Å². The summed E-state index contributed by atoms with van der Waals surface area (Å²) in [6.45, 7) is 2.99. The van der Waals surface area contributed by atoms with Gasteiger partial charge < -0.3 is 14.6 Å². The summed E-state index contributed by atoms with van der Waals surface area (Å²) in [5.41, 5.74) is 1.91. The van der Waals surface area contributed by atoms with Crippen LogP contribution in [0.4, 0.5) is 20.3 Å². The number of nitrogens with one attached hydrogen (secondary N) is 2. The van der Waals surface area contributed by atoms with Gasteiger partial charge in [0.15, 0.2) is 5.82 Å². The standard InChI is InChI=1S/C20H19ClF2N4OS/c21-15-9-19(29-26-20-5-8-28-25-20)17(23)10-18(15)24-11-14-13(3-1-4-16(14)22)12-27-6-2-7-27/h1,3-5,8-10,24H,2,6-7,11-12H2,(H,25,26). The van der Waals surface area contributed by atoms with Gasteiger partial charge in [0.1, 0.15) is 17.9 Å². The van der Waals surface area contributed by atoms with E-state index in [9.17, 15) is 8.78 Å². The highest BCUT2D eigenvalue weighted by molar-refractivity contribution is 8.00. The summed E-state index contributed by atoms with van der Waals surface area (Å²) in [7, 11) is 0. The van der Waals surface area contributed by atoms with Crippen LogP contribution in [0.5, 0.6) is 0 Å². The van der Waals surface area contributed by atoms with Crippen LogP contribution in [0, 0.1) is 11.6 Å². The van der Waals surface area contributed by atoms with Crippen LogP contribution in [0.2, 0.25) is 5.02 Å². The lowest BCUT2D eigenvalue weighted by atomic mass is 10.0. The third-order valence-electron chi connectivity index (χ3n) is 4.74. The van der Waals surface area contributed by atoms with E-state index in [-0.39, 0.29) is 12.4 Å². The number of hydrogen-bond acceptors (Lipinski definition) is 6. The van der Waals surface area contributed by atoms with Crippen molar-refractivity contribution in [1.29, 1.82) is 0 Å². The Bertz CT molecular complexity index is 983. The van der Waals surface area contributed by atoms with Gasteiger partial charge in [0.05, 0.1) is 15.6 Å². The van der Waals surface area contributed by atoms with Crippen molar-refractivity contribution >= 4 is 35.1 Å². The van der Waals surface area contributed by atoms with Crippen molar-refractivity contribution in [2.24, 2.45) is 0 Å². The Morgan fingerprint density at radius 3 is 2.76 bits per heavy atom. The predicted octanol–water partition coefficient (Wildman–Crippen LogP) is 5.54. The molecule has 0 unspecified atom stereocenters. The maximum absolute atomic E-state index is 14.5. The molecule has 9 heteroatoms. The van der Waals surface area contributed by atoms with Crippen LogP contribution in [0.3, 0.4) is 0 Å². The molecular formula is C20H19ClF2N4OS. The molecule has 1 aliphatic rings. The topological polar surface area (TPSA) is 53.3 Å². The Morgan fingerprint density at radius 2 is 2.03 bits per heavy atom. The molecule has 0 atom stereocenters. The molecule has 1 fully saturated rings. The van der Waals surface area contributed by atoms with Crippen molar-refractivity contribution in [3.63, 3.8) is 0 Å². The molecule has 152 valence electrons. The van der Waals surface area contributed by atoms with Crippen LogP contribution in [0.1, 0.15) is 17.5 Å². The van der Waals surface area contributed by atoms with Gasteiger partial charge >= 0.3 is 0 Å². The summed E-state index contributed by atoms with van der Waals surface area (Å²) in [6, 6.07) is 9.53. The number of anilines is 2. The maximum Gasteiger partial charge on any atom is 0.179 e. The Hall–Kier alpha value is -2.29. The maximum atomic E-state index is 14.5. The smallest absolute Gasteiger partial charge is 0.179 e. The fourth-order valence-electron chi connectivity index (χ4n) is 3.03. The van der Waals surface area contributed by atoms with Crippen LogP contribution >= 0.6 is 23.5 Å². The van der Waals surface area contributed by atoms with Gasteiger partial charge in [0.2, 0.25) is 0 Å². The van der Waals surface area contributed by atoms with Gasteiger partial charge in [0, 0.05) is 24.7 Å². The van der Waals surface area contributed by atoms with Crippen molar-refractivity contribution in [2.75, 3.05) is 23.1 Å². The Labute approximate surface area is 176 Å². The van der Waals surface area contributed by atoms with E-state index in [0.29, 0.717) is 33.5 Å². The van der Waals surface area contributed by atoms with Crippen LogP contribution < -0.4 is 10.0 Å². The minimum absolute atomic E-state index is 0.221. The molecule has 1 aliphatic heterocycles. The third-order valence-corrected chi connectivity index (χ3v) is 5.90. The number of rotatable bonds is 8. The summed E-state index contributed by atoms with van der Waals surface area (Å²) in [5.74, 6) is -0.259. The molecule has 5 nitrogen and oxygen atoms in total. The van der Waals surface area contributed by atoms with Gasteiger partial charge in [-0.25, -0.2) is 8.78 Å². The first-order valence-electron chi connectivity index (χ1n) is 9.15. The average Bonchev–Trinajstić information content (AvgIpc) is 3.18. The van der Waals surface area contributed by atoms with Crippen molar-refractivity contribution in [3.8, 4) is 0 Å². The molecule has 29 heavy (non-hydrogen) atoms. The summed E-state index contributed by atoms with van der Waals surface area (Å²) in [6.07, 6.45) is 2.59. The van der Waals surface area contributed by atoms with E-state index < -0.39 is 5.82 Å². The predicted molar refractivity (Wildman–Crippen MR) is 111 cm³/mol. The summed E-state index contributed by atoms with van der Waals surface area (Å²) >= 11 is 7.35. The van der Waals surface area contributed by atoms with Gasteiger partial charge in [-0.2, -0.15) is 0 Å². The monoisotopic (exact) mass is 436 g/mol. The van der Waals surface area contributed by atoms with Crippen LogP contribution in [-0.4, -0.2) is 23.1 Å². The molecular weight excluding hydrogens is 418 g/mol. The van der Waals surface area contributed by atoms with E-state index in [0.717, 1.165) is 30.6 Å². The highest BCUT2D eigenvalue weighted by Crippen LogP contribution is 2.32. The zero-order valence-electron chi connectivity index (χ0n) is 15.4. The molecule has 0 bridgehead atoms. The van der Waals surface area contributed by atoms with Crippen LogP contribution in [-0.2, 0) is 13.1 Å². The first kappa shape index (κ1) is 20.0. The highest BCUT2D eigenvalue weighted by atomic mass is 35.5. The molecule has 0 spiro atoms. The highest BCUT2D eigenvalue weighted by Gasteiger charge is 2.18. The minimum atomic E-state index is -0.452. The van der Waals surface area contributed by atoms with Gasteiger partial charge in [-0.3, -0.25) is 4.90 Å². The van der Waals surface area contributed by atoms with Gasteiger partial charge in [-0.15, -0.1) is 0 Å². The zero-order valence-corrected chi connectivity index (χ0v) is 17.0. The van der Waals surface area contributed by atoms with Crippen molar-refractivity contribution in [3.05, 3.63) is 70.4 Å². The quantitative estimate of drug-likeness (QED) is 0.452. The number of nitrogens with zero attached hydrogens (tertiary/aromatic N) is 2. The molecule has 0 radical (unpaired) electrons. The SMILES string of the molecule is Fc1cc(NCc2c(F)cccc2CN2CCC2)c(Cl)cc1SNc1ccon1. The van der Waals surface area contributed by atoms with Gasteiger partial charge in [-0.05, 0) is 55.2 Å². The van der Waals surface area contributed by atoms with E-state index >= 15 is 0 Å². The minimum Gasteiger partial charge on any atom is -0.380 e. The molecule has 2 aromatic carbocycles. The molecule has 1 aromatic heterocycles.